The van der Waals surface area contributed by atoms with Gasteiger partial charge in [-0.2, -0.15) is 0 Å². The zero-order chi connectivity index (χ0) is 12.1. The van der Waals surface area contributed by atoms with E-state index in [-0.39, 0.29) is 10.7 Å². The van der Waals surface area contributed by atoms with Crippen LogP contribution in [0.2, 0.25) is 5.15 Å². The second kappa shape index (κ2) is 5.77. The smallest absolute Gasteiger partial charge is 0.156 e. The molecule has 0 fully saturated rings. The molecule has 6 heteroatoms. The molecule has 5 nitrogen and oxygen atoms in total. The van der Waals surface area contributed by atoms with Crippen molar-refractivity contribution in [3.63, 3.8) is 0 Å². The van der Waals surface area contributed by atoms with Crippen LogP contribution in [0.3, 0.4) is 0 Å². The number of aliphatic hydroxyl groups excluding tert-OH is 1. The van der Waals surface area contributed by atoms with E-state index in [0.29, 0.717) is 30.9 Å². The van der Waals surface area contributed by atoms with Crippen LogP contribution in [-0.2, 0) is 0 Å². The molecule has 0 aromatic carbocycles. The van der Waals surface area contributed by atoms with Crippen molar-refractivity contribution in [1.82, 2.24) is 9.97 Å². The lowest BCUT2D eigenvalue weighted by atomic mass is 10.2. The second-order valence-electron chi connectivity index (χ2n) is 3.51. The maximum absolute atomic E-state index is 10.8. The number of aryl methyl sites for hydroxylation is 1. The van der Waals surface area contributed by atoms with E-state index in [0.717, 1.165) is 0 Å². The normalized spacial score (nSPS) is 12.2. The van der Waals surface area contributed by atoms with E-state index in [4.69, 9.17) is 16.7 Å². The molecule has 0 saturated carbocycles. The van der Waals surface area contributed by atoms with Crippen LogP contribution < -0.4 is 5.32 Å². The third-order valence-corrected chi connectivity index (χ3v) is 2.27. The number of hydrogen-bond acceptors (Lipinski definition) is 5. The summed E-state index contributed by atoms with van der Waals surface area (Å²) >= 11 is 5.80. The molecule has 0 aliphatic heterocycles. The summed E-state index contributed by atoms with van der Waals surface area (Å²) in [5.41, 5.74) is 0.248. The minimum absolute atomic E-state index is 0.141. The van der Waals surface area contributed by atoms with Crippen LogP contribution in [0.15, 0.2) is 0 Å². The summed E-state index contributed by atoms with van der Waals surface area (Å²) in [6.07, 6.45) is 0.788. The van der Waals surface area contributed by atoms with Crippen molar-refractivity contribution >= 4 is 23.7 Å². The lowest BCUT2D eigenvalue weighted by Crippen LogP contribution is -2.13. The van der Waals surface area contributed by atoms with Gasteiger partial charge in [0, 0.05) is 6.54 Å². The van der Waals surface area contributed by atoms with E-state index in [1.54, 1.807) is 13.8 Å². The highest BCUT2D eigenvalue weighted by atomic mass is 35.5. The zero-order valence-corrected chi connectivity index (χ0v) is 9.95. The molecule has 2 N–H and O–H groups in total. The molecule has 1 aromatic heterocycles. The average molecular weight is 244 g/mol. The number of nitrogens with zero attached hydrogens (tertiary/aromatic N) is 2. The van der Waals surface area contributed by atoms with Gasteiger partial charge in [-0.15, -0.1) is 0 Å². The number of nitrogens with one attached hydrogen (secondary N) is 1. The standard InChI is InChI=1S/C10H14ClN3O2/c1-6(16)3-4-12-10-8(5-15)9(11)13-7(2)14-10/h5-6,16H,3-4H2,1-2H3,(H,12,13,14). The van der Waals surface area contributed by atoms with Crippen LogP contribution in [0.5, 0.6) is 0 Å². The van der Waals surface area contributed by atoms with Gasteiger partial charge in [-0.1, -0.05) is 11.6 Å². The Morgan fingerprint density at radius 1 is 1.56 bits per heavy atom. The van der Waals surface area contributed by atoms with Gasteiger partial charge in [0.05, 0.1) is 11.7 Å². The molecule has 1 atom stereocenters. The van der Waals surface area contributed by atoms with E-state index in [1.807, 2.05) is 0 Å². The predicted octanol–water partition coefficient (Wildman–Crippen LogP) is 1.43. The van der Waals surface area contributed by atoms with Crippen molar-refractivity contribution in [3.05, 3.63) is 16.5 Å². The first-order chi connectivity index (χ1) is 7.54. The molecule has 0 bridgehead atoms. The predicted molar refractivity (Wildman–Crippen MR) is 62.0 cm³/mol. The molecule has 1 aromatic rings. The van der Waals surface area contributed by atoms with Gasteiger partial charge in [0.25, 0.3) is 0 Å². The van der Waals surface area contributed by atoms with Gasteiger partial charge in [0.1, 0.15) is 16.8 Å². The number of carbonyl (C=O) groups excluding carboxylic acids is 1. The molecule has 16 heavy (non-hydrogen) atoms. The van der Waals surface area contributed by atoms with Gasteiger partial charge >= 0.3 is 0 Å². The number of rotatable bonds is 5. The van der Waals surface area contributed by atoms with Crippen LogP contribution in [0.25, 0.3) is 0 Å². The molecule has 0 spiro atoms. The summed E-state index contributed by atoms with van der Waals surface area (Å²) in [5.74, 6) is 0.906. The molecule has 0 aliphatic rings. The molecule has 0 aliphatic carbocycles. The summed E-state index contributed by atoms with van der Waals surface area (Å²) in [5, 5.41) is 12.2. The monoisotopic (exact) mass is 243 g/mol. The Morgan fingerprint density at radius 2 is 2.25 bits per heavy atom. The van der Waals surface area contributed by atoms with E-state index in [9.17, 15) is 4.79 Å². The number of carbonyl (C=O) groups is 1. The molecule has 1 heterocycles. The third kappa shape index (κ3) is 3.43. The van der Waals surface area contributed by atoms with Crippen molar-refractivity contribution in [2.45, 2.75) is 26.4 Å². The van der Waals surface area contributed by atoms with Gasteiger partial charge in [-0.05, 0) is 20.3 Å². The van der Waals surface area contributed by atoms with Crippen molar-refractivity contribution < 1.29 is 9.90 Å². The minimum Gasteiger partial charge on any atom is -0.393 e. The number of hydrogen-bond donors (Lipinski definition) is 2. The Morgan fingerprint density at radius 3 is 2.81 bits per heavy atom. The first-order valence-corrected chi connectivity index (χ1v) is 5.33. The van der Waals surface area contributed by atoms with Gasteiger partial charge in [0.2, 0.25) is 0 Å². The van der Waals surface area contributed by atoms with E-state index in [1.165, 1.54) is 0 Å². The third-order valence-electron chi connectivity index (χ3n) is 1.98. The molecular formula is C10H14ClN3O2. The van der Waals surface area contributed by atoms with Crippen LogP contribution in [0, 0.1) is 6.92 Å². The van der Waals surface area contributed by atoms with E-state index in [2.05, 4.69) is 15.3 Å². The SMILES string of the molecule is Cc1nc(Cl)c(C=O)c(NCCC(C)O)n1. The van der Waals surface area contributed by atoms with Crippen molar-refractivity contribution in [2.75, 3.05) is 11.9 Å². The summed E-state index contributed by atoms with van der Waals surface area (Å²) in [6, 6.07) is 0. The molecule has 0 amide bonds. The second-order valence-corrected chi connectivity index (χ2v) is 3.86. The minimum atomic E-state index is -0.398. The number of halogens is 1. The highest BCUT2D eigenvalue weighted by Gasteiger charge is 2.10. The van der Waals surface area contributed by atoms with Gasteiger partial charge < -0.3 is 10.4 Å². The maximum atomic E-state index is 10.8. The van der Waals surface area contributed by atoms with Crippen LogP contribution in [0.1, 0.15) is 29.5 Å². The van der Waals surface area contributed by atoms with Gasteiger partial charge in [0.15, 0.2) is 6.29 Å². The highest BCUT2D eigenvalue weighted by Crippen LogP contribution is 2.18. The zero-order valence-electron chi connectivity index (χ0n) is 9.20. The lowest BCUT2D eigenvalue weighted by Gasteiger charge is -2.10. The van der Waals surface area contributed by atoms with Crippen molar-refractivity contribution in [3.8, 4) is 0 Å². The Balaban J connectivity index is 2.81. The average Bonchev–Trinajstić information content (AvgIpc) is 2.16. The topological polar surface area (TPSA) is 75.1 Å². The Labute approximate surface area is 98.9 Å². The lowest BCUT2D eigenvalue weighted by molar-refractivity contribution is 0.112. The van der Waals surface area contributed by atoms with Crippen LogP contribution >= 0.6 is 11.6 Å². The number of aldehydes is 1. The summed E-state index contributed by atoms with van der Waals surface area (Å²) in [6.45, 7) is 3.91. The molecular weight excluding hydrogens is 230 g/mol. The fourth-order valence-corrected chi connectivity index (χ4v) is 1.44. The van der Waals surface area contributed by atoms with Crippen molar-refractivity contribution in [2.24, 2.45) is 0 Å². The molecule has 1 rings (SSSR count). The van der Waals surface area contributed by atoms with E-state index < -0.39 is 6.10 Å². The fraction of sp³-hybridized carbons (Fsp3) is 0.500. The van der Waals surface area contributed by atoms with E-state index >= 15 is 0 Å². The van der Waals surface area contributed by atoms with Gasteiger partial charge in [-0.3, -0.25) is 4.79 Å². The molecule has 0 radical (unpaired) electrons. The Kier molecular flexibility index (Phi) is 4.64. The number of anilines is 1. The molecule has 88 valence electrons. The quantitative estimate of drug-likeness (QED) is 0.605. The van der Waals surface area contributed by atoms with Crippen LogP contribution in [-0.4, -0.2) is 34.0 Å². The highest BCUT2D eigenvalue weighted by molar-refractivity contribution is 6.32. The maximum Gasteiger partial charge on any atom is 0.156 e. The molecule has 0 saturated heterocycles. The molecule has 1 unspecified atom stereocenters. The number of aromatic nitrogens is 2. The fourth-order valence-electron chi connectivity index (χ4n) is 1.19. The van der Waals surface area contributed by atoms with Crippen LogP contribution in [0.4, 0.5) is 5.82 Å². The summed E-state index contributed by atoms with van der Waals surface area (Å²) in [4.78, 5) is 18.8. The largest absolute Gasteiger partial charge is 0.393 e. The summed E-state index contributed by atoms with van der Waals surface area (Å²) < 4.78 is 0. The number of aliphatic hydroxyl groups is 1. The first-order valence-electron chi connectivity index (χ1n) is 4.96. The Hall–Kier alpha value is -1.20. The van der Waals surface area contributed by atoms with Gasteiger partial charge in [-0.25, -0.2) is 9.97 Å². The summed E-state index contributed by atoms with van der Waals surface area (Å²) in [7, 11) is 0. The first kappa shape index (κ1) is 12.9. The Bertz CT molecular complexity index is 383. The van der Waals surface area contributed by atoms with Crippen molar-refractivity contribution in [1.29, 1.82) is 0 Å².